The van der Waals surface area contributed by atoms with Crippen LogP contribution in [-0.2, 0) is 5.75 Å². The van der Waals surface area contributed by atoms with Crippen LogP contribution in [0.3, 0.4) is 0 Å². The van der Waals surface area contributed by atoms with Crippen LogP contribution in [0.5, 0.6) is 0 Å². The Morgan fingerprint density at radius 3 is 2.60 bits per heavy atom. The number of carbonyl (C=O) groups is 1. The molecule has 1 aromatic heterocycles. The molecule has 1 amide bonds. The molecular weight excluding hydrogens is 408 g/mol. The Kier molecular flexibility index (Phi) is 5.22. The van der Waals surface area contributed by atoms with E-state index >= 15 is 0 Å². The van der Waals surface area contributed by atoms with Crippen molar-refractivity contribution in [3.05, 3.63) is 102 Å². The molecule has 0 fully saturated rings. The predicted molar refractivity (Wildman–Crippen MR) is 128 cm³/mol. The lowest BCUT2D eigenvalue weighted by atomic mass is 10.0. The predicted octanol–water partition coefficient (Wildman–Crippen LogP) is 6.99. The van der Waals surface area contributed by atoms with Gasteiger partial charge in [0.1, 0.15) is 0 Å². The highest BCUT2D eigenvalue weighted by atomic mass is 32.2. The van der Waals surface area contributed by atoms with Gasteiger partial charge in [0, 0.05) is 17.0 Å². The summed E-state index contributed by atoms with van der Waals surface area (Å²) >= 11 is 3.39. The molecule has 1 heterocycles. The highest BCUT2D eigenvalue weighted by Crippen LogP contribution is 2.33. The number of fused-ring (bicyclic) bond motifs is 2. The second-order valence-electron chi connectivity index (χ2n) is 6.92. The van der Waals surface area contributed by atoms with Crippen molar-refractivity contribution in [3.63, 3.8) is 0 Å². The number of nitrogens with zero attached hydrogens (tertiary/aromatic N) is 1. The highest BCUT2D eigenvalue weighted by Gasteiger charge is 2.11. The fourth-order valence-electron chi connectivity index (χ4n) is 3.38. The first kappa shape index (κ1) is 18.9. The Balaban J connectivity index is 1.35. The number of amides is 1. The monoisotopic (exact) mass is 426 g/mol. The minimum atomic E-state index is -0.102. The van der Waals surface area contributed by atoms with Crippen LogP contribution in [0.15, 0.2) is 95.3 Å². The van der Waals surface area contributed by atoms with Crippen molar-refractivity contribution >= 4 is 55.7 Å². The summed E-state index contributed by atoms with van der Waals surface area (Å²) in [4.78, 5) is 17.6. The molecule has 0 saturated carbocycles. The first-order chi connectivity index (χ1) is 14.8. The van der Waals surface area contributed by atoms with Crippen LogP contribution in [-0.4, -0.2) is 10.9 Å². The van der Waals surface area contributed by atoms with Gasteiger partial charge < -0.3 is 5.32 Å². The zero-order chi connectivity index (χ0) is 20.3. The van der Waals surface area contributed by atoms with Crippen molar-refractivity contribution in [3.8, 4) is 0 Å². The van der Waals surface area contributed by atoms with Gasteiger partial charge in [-0.25, -0.2) is 4.98 Å². The van der Waals surface area contributed by atoms with Crippen LogP contribution >= 0.6 is 23.1 Å². The Bertz CT molecular complexity index is 1340. The summed E-state index contributed by atoms with van der Waals surface area (Å²) in [6.07, 6.45) is 0. The van der Waals surface area contributed by atoms with Gasteiger partial charge in [0.05, 0.1) is 10.2 Å². The molecule has 0 bridgehead atoms. The fraction of sp³-hybridized carbons (Fsp3) is 0.0400. The Hall–Kier alpha value is -3.15. The summed E-state index contributed by atoms with van der Waals surface area (Å²) in [7, 11) is 0. The van der Waals surface area contributed by atoms with Gasteiger partial charge in [-0.15, -0.1) is 11.3 Å². The lowest BCUT2D eigenvalue weighted by molar-refractivity contribution is 0.102. The molecule has 4 aromatic carbocycles. The number of hydrogen-bond acceptors (Lipinski definition) is 4. The number of anilines is 1. The molecule has 0 aliphatic heterocycles. The number of hydrogen-bond donors (Lipinski definition) is 1. The van der Waals surface area contributed by atoms with Gasteiger partial charge in [-0.1, -0.05) is 78.5 Å². The van der Waals surface area contributed by atoms with Gasteiger partial charge in [0.15, 0.2) is 4.34 Å². The van der Waals surface area contributed by atoms with Crippen molar-refractivity contribution in [1.29, 1.82) is 0 Å². The summed E-state index contributed by atoms with van der Waals surface area (Å²) in [5, 5.41) is 5.06. The molecule has 3 nitrogen and oxygen atoms in total. The van der Waals surface area contributed by atoms with Crippen molar-refractivity contribution in [2.45, 2.75) is 10.1 Å². The molecule has 0 unspecified atom stereocenters. The van der Waals surface area contributed by atoms with Crippen molar-refractivity contribution in [1.82, 2.24) is 4.98 Å². The number of benzene rings is 4. The highest BCUT2D eigenvalue weighted by molar-refractivity contribution is 8.00. The molecule has 1 N–H and O–H groups in total. The molecule has 146 valence electrons. The molecule has 0 aliphatic rings. The third-order valence-corrected chi connectivity index (χ3v) is 7.10. The van der Waals surface area contributed by atoms with Crippen molar-refractivity contribution < 1.29 is 4.79 Å². The third-order valence-electron chi connectivity index (χ3n) is 4.87. The number of nitrogens with one attached hydrogen (secondary N) is 1. The third kappa shape index (κ3) is 3.95. The van der Waals surface area contributed by atoms with E-state index in [1.807, 2.05) is 66.7 Å². The first-order valence-electron chi connectivity index (χ1n) is 9.63. The van der Waals surface area contributed by atoms with E-state index in [-0.39, 0.29) is 5.91 Å². The minimum Gasteiger partial charge on any atom is -0.322 e. The minimum absolute atomic E-state index is 0.102. The quantitative estimate of drug-likeness (QED) is 0.308. The molecular formula is C25H18N2OS2. The molecule has 0 saturated heterocycles. The van der Waals surface area contributed by atoms with Crippen LogP contribution in [0.2, 0.25) is 0 Å². The summed E-state index contributed by atoms with van der Waals surface area (Å²) in [5.74, 6) is 0.792. The van der Waals surface area contributed by atoms with E-state index < -0.39 is 0 Å². The summed E-state index contributed by atoms with van der Waals surface area (Å²) < 4.78 is 2.10. The van der Waals surface area contributed by atoms with Crippen LogP contribution in [0, 0.1) is 0 Å². The maximum Gasteiger partial charge on any atom is 0.256 e. The van der Waals surface area contributed by atoms with Gasteiger partial charge in [0.25, 0.3) is 5.91 Å². The van der Waals surface area contributed by atoms with E-state index in [1.54, 1.807) is 23.1 Å². The van der Waals surface area contributed by atoms with E-state index in [2.05, 4.69) is 29.6 Å². The smallest absolute Gasteiger partial charge is 0.256 e. The Morgan fingerprint density at radius 1 is 0.900 bits per heavy atom. The van der Waals surface area contributed by atoms with E-state index in [0.717, 1.165) is 36.8 Å². The molecule has 0 radical (unpaired) electrons. The van der Waals surface area contributed by atoms with Crippen LogP contribution in [0.4, 0.5) is 5.69 Å². The molecule has 0 spiro atoms. The zero-order valence-corrected chi connectivity index (χ0v) is 17.7. The molecule has 30 heavy (non-hydrogen) atoms. The lowest BCUT2D eigenvalue weighted by Gasteiger charge is -2.08. The fourth-order valence-corrected chi connectivity index (χ4v) is 5.45. The molecule has 5 heteroatoms. The average molecular weight is 427 g/mol. The lowest BCUT2D eigenvalue weighted by Crippen LogP contribution is -2.12. The SMILES string of the molecule is O=C(Nc1ccc2nc(SCc3ccccc3)sc2c1)c1cccc2ccccc12. The number of thiazole rings is 1. The Labute approximate surface area is 182 Å². The van der Waals surface area contributed by atoms with Crippen LogP contribution < -0.4 is 5.32 Å². The van der Waals surface area contributed by atoms with Gasteiger partial charge in [-0.05, 0) is 40.6 Å². The zero-order valence-electron chi connectivity index (χ0n) is 16.0. The van der Waals surface area contributed by atoms with E-state index in [1.165, 1.54) is 5.56 Å². The molecule has 5 rings (SSSR count). The standard InChI is InChI=1S/C25H18N2OS2/c28-24(21-12-6-10-18-9-4-5-11-20(18)21)26-19-13-14-22-23(15-19)30-25(27-22)29-16-17-7-2-1-3-8-17/h1-15H,16H2,(H,26,28). The summed E-state index contributed by atoms with van der Waals surface area (Å²) in [6, 6.07) is 30.0. The van der Waals surface area contributed by atoms with Crippen LogP contribution in [0.1, 0.15) is 15.9 Å². The van der Waals surface area contributed by atoms with Crippen LogP contribution in [0.25, 0.3) is 21.0 Å². The second kappa shape index (κ2) is 8.30. The maximum atomic E-state index is 12.9. The van der Waals surface area contributed by atoms with Gasteiger partial charge in [-0.3, -0.25) is 4.79 Å². The summed E-state index contributed by atoms with van der Waals surface area (Å²) in [6.45, 7) is 0. The largest absolute Gasteiger partial charge is 0.322 e. The van der Waals surface area contributed by atoms with E-state index in [4.69, 9.17) is 4.98 Å². The number of aromatic nitrogens is 1. The number of rotatable bonds is 5. The normalized spacial score (nSPS) is 11.1. The first-order valence-corrected chi connectivity index (χ1v) is 11.4. The Morgan fingerprint density at radius 2 is 1.70 bits per heavy atom. The second-order valence-corrected chi connectivity index (χ2v) is 9.17. The van der Waals surface area contributed by atoms with Gasteiger partial charge in [0.2, 0.25) is 0 Å². The topological polar surface area (TPSA) is 42.0 Å². The number of thioether (sulfide) groups is 1. The van der Waals surface area contributed by atoms with Gasteiger partial charge >= 0.3 is 0 Å². The maximum absolute atomic E-state index is 12.9. The molecule has 0 atom stereocenters. The van der Waals surface area contributed by atoms with Gasteiger partial charge in [-0.2, -0.15) is 0 Å². The number of carbonyl (C=O) groups excluding carboxylic acids is 1. The van der Waals surface area contributed by atoms with E-state index in [0.29, 0.717) is 5.56 Å². The average Bonchev–Trinajstić information content (AvgIpc) is 3.20. The van der Waals surface area contributed by atoms with Crippen molar-refractivity contribution in [2.75, 3.05) is 5.32 Å². The van der Waals surface area contributed by atoms with E-state index in [9.17, 15) is 4.79 Å². The molecule has 0 aliphatic carbocycles. The molecule has 5 aromatic rings. The summed E-state index contributed by atoms with van der Waals surface area (Å²) in [5.41, 5.74) is 3.70. The van der Waals surface area contributed by atoms with Crippen molar-refractivity contribution in [2.24, 2.45) is 0 Å².